The Kier molecular flexibility index (Phi) is 3.75. The lowest BCUT2D eigenvalue weighted by molar-refractivity contribution is 0.407. The van der Waals surface area contributed by atoms with Crippen LogP contribution in [0.4, 0.5) is 0 Å². The zero-order valence-corrected chi connectivity index (χ0v) is 9.37. The molecular formula is C13H18O. The van der Waals surface area contributed by atoms with Gasteiger partial charge in [0.1, 0.15) is 5.75 Å². The molecule has 0 saturated carbocycles. The molecule has 0 bridgehead atoms. The highest BCUT2D eigenvalue weighted by Crippen LogP contribution is 2.27. The highest BCUT2D eigenvalue weighted by molar-refractivity contribution is 5.54. The molecule has 0 N–H and O–H groups in total. The number of benzene rings is 1. The molecule has 0 heterocycles. The SMILES string of the molecule is C/C=C/c1ccc(C(C)C)c(OC)c1. The summed E-state index contributed by atoms with van der Waals surface area (Å²) < 4.78 is 5.36. The van der Waals surface area contributed by atoms with Gasteiger partial charge < -0.3 is 4.74 Å². The van der Waals surface area contributed by atoms with Gasteiger partial charge in [0.2, 0.25) is 0 Å². The van der Waals surface area contributed by atoms with Crippen molar-refractivity contribution in [2.45, 2.75) is 26.7 Å². The predicted octanol–water partition coefficient (Wildman–Crippen LogP) is 3.85. The first-order valence-corrected chi connectivity index (χ1v) is 4.99. The normalized spacial score (nSPS) is 11.2. The molecule has 0 aliphatic heterocycles. The molecule has 0 saturated heterocycles. The number of allylic oxidation sites excluding steroid dienone is 1. The summed E-state index contributed by atoms with van der Waals surface area (Å²) in [5.41, 5.74) is 2.45. The van der Waals surface area contributed by atoms with E-state index in [4.69, 9.17) is 4.74 Å². The average Bonchev–Trinajstić information content (AvgIpc) is 2.17. The Labute approximate surface area is 86.4 Å². The van der Waals surface area contributed by atoms with Crippen molar-refractivity contribution in [3.63, 3.8) is 0 Å². The minimum absolute atomic E-state index is 0.504. The number of methoxy groups -OCH3 is 1. The van der Waals surface area contributed by atoms with Crippen LogP contribution in [0, 0.1) is 0 Å². The Balaban J connectivity index is 3.11. The molecule has 1 rings (SSSR count). The minimum Gasteiger partial charge on any atom is -0.496 e. The van der Waals surface area contributed by atoms with E-state index in [9.17, 15) is 0 Å². The molecule has 0 spiro atoms. The van der Waals surface area contributed by atoms with Crippen molar-refractivity contribution >= 4 is 6.08 Å². The van der Waals surface area contributed by atoms with Gasteiger partial charge in [0.25, 0.3) is 0 Å². The van der Waals surface area contributed by atoms with Crippen LogP contribution >= 0.6 is 0 Å². The van der Waals surface area contributed by atoms with Gasteiger partial charge in [-0.05, 0) is 30.0 Å². The summed E-state index contributed by atoms with van der Waals surface area (Å²) in [6, 6.07) is 6.34. The lowest BCUT2D eigenvalue weighted by Crippen LogP contribution is -1.94. The van der Waals surface area contributed by atoms with E-state index in [0.717, 1.165) is 5.75 Å². The van der Waals surface area contributed by atoms with Crippen molar-refractivity contribution in [3.05, 3.63) is 35.4 Å². The molecule has 0 unspecified atom stereocenters. The van der Waals surface area contributed by atoms with Gasteiger partial charge in [-0.15, -0.1) is 0 Å². The van der Waals surface area contributed by atoms with Crippen molar-refractivity contribution in [1.82, 2.24) is 0 Å². The first-order valence-electron chi connectivity index (χ1n) is 4.99. The topological polar surface area (TPSA) is 9.23 Å². The smallest absolute Gasteiger partial charge is 0.122 e. The van der Waals surface area contributed by atoms with Crippen LogP contribution in [0.2, 0.25) is 0 Å². The summed E-state index contributed by atoms with van der Waals surface area (Å²) in [6.07, 6.45) is 4.11. The van der Waals surface area contributed by atoms with Gasteiger partial charge >= 0.3 is 0 Å². The van der Waals surface area contributed by atoms with Crippen LogP contribution in [-0.4, -0.2) is 7.11 Å². The first-order chi connectivity index (χ1) is 6.69. The molecule has 1 aromatic rings. The van der Waals surface area contributed by atoms with Crippen molar-refractivity contribution in [2.24, 2.45) is 0 Å². The van der Waals surface area contributed by atoms with E-state index >= 15 is 0 Å². The molecular weight excluding hydrogens is 172 g/mol. The molecule has 0 fully saturated rings. The fraction of sp³-hybridized carbons (Fsp3) is 0.385. The summed E-state index contributed by atoms with van der Waals surface area (Å²) in [6.45, 7) is 6.36. The molecule has 0 aliphatic carbocycles. The second kappa shape index (κ2) is 4.85. The average molecular weight is 190 g/mol. The number of hydrogen-bond donors (Lipinski definition) is 0. The van der Waals surface area contributed by atoms with E-state index in [-0.39, 0.29) is 0 Å². The fourth-order valence-electron chi connectivity index (χ4n) is 1.50. The molecule has 0 atom stereocenters. The monoisotopic (exact) mass is 190 g/mol. The summed E-state index contributed by atoms with van der Waals surface area (Å²) in [5, 5.41) is 0. The molecule has 1 nitrogen and oxygen atoms in total. The molecule has 1 heteroatoms. The maximum Gasteiger partial charge on any atom is 0.122 e. The second-order valence-corrected chi connectivity index (χ2v) is 3.66. The van der Waals surface area contributed by atoms with Gasteiger partial charge in [-0.25, -0.2) is 0 Å². The predicted molar refractivity (Wildman–Crippen MR) is 61.8 cm³/mol. The maximum absolute atomic E-state index is 5.36. The van der Waals surface area contributed by atoms with E-state index < -0.39 is 0 Å². The zero-order valence-electron chi connectivity index (χ0n) is 9.37. The summed E-state index contributed by atoms with van der Waals surface area (Å²) in [5.74, 6) is 1.49. The Morgan fingerprint density at radius 2 is 2.00 bits per heavy atom. The highest BCUT2D eigenvalue weighted by atomic mass is 16.5. The highest BCUT2D eigenvalue weighted by Gasteiger charge is 2.06. The molecule has 76 valence electrons. The lowest BCUT2D eigenvalue weighted by atomic mass is 10.0. The first kappa shape index (κ1) is 10.8. The number of rotatable bonds is 3. The van der Waals surface area contributed by atoms with Crippen molar-refractivity contribution in [2.75, 3.05) is 7.11 Å². The molecule has 0 radical (unpaired) electrons. The van der Waals surface area contributed by atoms with Crippen LogP contribution in [0.25, 0.3) is 6.08 Å². The van der Waals surface area contributed by atoms with Crippen LogP contribution in [0.1, 0.15) is 37.8 Å². The Hall–Kier alpha value is -1.24. The van der Waals surface area contributed by atoms with Gasteiger partial charge in [0.15, 0.2) is 0 Å². The van der Waals surface area contributed by atoms with Crippen LogP contribution < -0.4 is 4.74 Å². The van der Waals surface area contributed by atoms with Crippen LogP contribution in [-0.2, 0) is 0 Å². The third-order valence-electron chi connectivity index (χ3n) is 2.24. The number of hydrogen-bond acceptors (Lipinski definition) is 1. The third-order valence-corrected chi connectivity index (χ3v) is 2.24. The van der Waals surface area contributed by atoms with Crippen LogP contribution in [0.3, 0.4) is 0 Å². The zero-order chi connectivity index (χ0) is 10.6. The van der Waals surface area contributed by atoms with Gasteiger partial charge in [0, 0.05) is 0 Å². The molecule has 14 heavy (non-hydrogen) atoms. The van der Waals surface area contributed by atoms with Crippen LogP contribution in [0.5, 0.6) is 5.75 Å². The molecule has 1 aromatic carbocycles. The quantitative estimate of drug-likeness (QED) is 0.703. The van der Waals surface area contributed by atoms with Crippen molar-refractivity contribution in [3.8, 4) is 5.75 Å². The Morgan fingerprint density at radius 1 is 1.29 bits per heavy atom. The van der Waals surface area contributed by atoms with Crippen LogP contribution in [0.15, 0.2) is 24.3 Å². The van der Waals surface area contributed by atoms with Gasteiger partial charge in [-0.3, -0.25) is 0 Å². The van der Waals surface area contributed by atoms with Gasteiger partial charge in [0.05, 0.1) is 7.11 Å². The van der Waals surface area contributed by atoms with E-state index in [1.165, 1.54) is 11.1 Å². The minimum atomic E-state index is 0.504. The molecule has 0 amide bonds. The summed E-state index contributed by atoms with van der Waals surface area (Å²) in [4.78, 5) is 0. The largest absolute Gasteiger partial charge is 0.496 e. The number of ether oxygens (including phenoxy) is 1. The van der Waals surface area contributed by atoms with Crippen molar-refractivity contribution < 1.29 is 4.74 Å². The third kappa shape index (κ3) is 2.38. The standard InChI is InChI=1S/C13H18O/c1-5-6-11-7-8-12(10(2)3)13(9-11)14-4/h5-10H,1-4H3/b6-5+. The van der Waals surface area contributed by atoms with Gasteiger partial charge in [-0.2, -0.15) is 0 Å². The summed E-state index contributed by atoms with van der Waals surface area (Å²) in [7, 11) is 1.72. The Bertz CT molecular complexity index is 324. The van der Waals surface area contributed by atoms with E-state index in [1.54, 1.807) is 7.11 Å². The molecule has 0 aromatic heterocycles. The fourth-order valence-corrected chi connectivity index (χ4v) is 1.50. The van der Waals surface area contributed by atoms with E-state index in [0.29, 0.717) is 5.92 Å². The molecule has 0 aliphatic rings. The van der Waals surface area contributed by atoms with Gasteiger partial charge in [-0.1, -0.05) is 38.1 Å². The maximum atomic E-state index is 5.36. The second-order valence-electron chi connectivity index (χ2n) is 3.66. The Morgan fingerprint density at radius 3 is 2.50 bits per heavy atom. The lowest BCUT2D eigenvalue weighted by Gasteiger charge is -2.12. The summed E-state index contributed by atoms with van der Waals surface area (Å²) >= 11 is 0. The van der Waals surface area contributed by atoms with Crippen molar-refractivity contribution in [1.29, 1.82) is 0 Å². The van der Waals surface area contributed by atoms with E-state index in [2.05, 4.69) is 38.1 Å². The van der Waals surface area contributed by atoms with E-state index in [1.807, 2.05) is 13.0 Å².